The molecule has 104 valence electrons. The number of aryl methyl sites for hydroxylation is 3. The predicted molar refractivity (Wildman–Crippen MR) is 80.3 cm³/mol. The predicted octanol–water partition coefficient (Wildman–Crippen LogP) is 3.78. The number of carbonyl (C=O) groups is 1. The van der Waals surface area contributed by atoms with Crippen LogP contribution in [-0.4, -0.2) is 17.6 Å². The molecule has 1 aliphatic carbocycles. The molecule has 2 aromatic rings. The van der Waals surface area contributed by atoms with Crippen LogP contribution < -0.4 is 0 Å². The number of fused-ring (bicyclic) bond motifs is 3. The van der Waals surface area contributed by atoms with E-state index in [2.05, 4.69) is 30.1 Å². The van der Waals surface area contributed by atoms with Gasteiger partial charge in [0.25, 0.3) is 0 Å². The molecule has 0 spiro atoms. The molecule has 0 atom stereocenters. The first-order chi connectivity index (χ1) is 9.69. The number of ether oxygens (including phenoxy) is 1. The van der Waals surface area contributed by atoms with Gasteiger partial charge in [-0.2, -0.15) is 0 Å². The van der Waals surface area contributed by atoms with E-state index in [1.807, 2.05) is 6.92 Å². The number of hydrogen-bond acceptors (Lipinski definition) is 4. The lowest BCUT2D eigenvalue weighted by Gasteiger charge is -2.06. The maximum absolute atomic E-state index is 11.9. The van der Waals surface area contributed by atoms with E-state index in [1.54, 1.807) is 0 Å². The van der Waals surface area contributed by atoms with Gasteiger partial charge in [0.2, 0.25) is 5.01 Å². The molecule has 3 rings (SSSR count). The molecule has 0 unspecified atom stereocenters. The second kappa shape index (κ2) is 5.37. The zero-order chi connectivity index (χ0) is 14.1. The molecule has 1 aliphatic rings. The lowest BCUT2D eigenvalue weighted by molar-refractivity contribution is 0.0525. The van der Waals surface area contributed by atoms with Crippen LogP contribution in [0, 0.1) is 6.92 Å². The fraction of sp³-hybridized carbons (Fsp3) is 0.375. The summed E-state index contributed by atoms with van der Waals surface area (Å²) in [5, 5.41) is 0.478. The lowest BCUT2D eigenvalue weighted by atomic mass is 10.0. The largest absolute Gasteiger partial charge is 0.461 e. The van der Waals surface area contributed by atoms with Crippen LogP contribution >= 0.6 is 11.3 Å². The number of hydrogen-bond donors (Lipinski definition) is 0. The highest BCUT2D eigenvalue weighted by Gasteiger charge is 2.22. The van der Waals surface area contributed by atoms with Crippen LogP contribution in [0.3, 0.4) is 0 Å². The van der Waals surface area contributed by atoms with Crippen molar-refractivity contribution >= 4 is 17.3 Å². The minimum Gasteiger partial charge on any atom is -0.461 e. The van der Waals surface area contributed by atoms with E-state index in [1.165, 1.54) is 28.0 Å². The van der Waals surface area contributed by atoms with Gasteiger partial charge < -0.3 is 4.74 Å². The highest BCUT2D eigenvalue weighted by molar-refractivity contribution is 7.17. The number of benzene rings is 1. The summed E-state index contributed by atoms with van der Waals surface area (Å²) in [4.78, 5) is 17.5. The summed E-state index contributed by atoms with van der Waals surface area (Å²) >= 11 is 1.46. The van der Waals surface area contributed by atoms with Crippen molar-refractivity contribution in [3.05, 3.63) is 40.0 Å². The van der Waals surface area contributed by atoms with E-state index >= 15 is 0 Å². The number of aromatic nitrogens is 1. The number of rotatable bonds is 2. The molecule has 0 bridgehead atoms. The van der Waals surface area contributed by atoms with Crippen molar-refractivity contribution in [3.63, 3.8) is 0 Å². The Balaban J connectivity index is 2.09. The lowest BCUT2D eigenvalue weighted by Crippen LogP contribution is -2.04. The highest BCUT2D eigenvalue weighted by atomic mass is 32.1. The van der Waals surface area contributed by atoms with Crippen LogP contribution in [0.25, 0.3) is 10.4 Å². The van der Waals surface area contributed by atoms with E-state index in [4.69, 9.17) is 4.74 Å². The Hall–Kier alpha value is -1.68. The monoisotopic (exact) mass is 287 g/mol. The Kier molecular flexibility index (Phi) is 3.57. The van der Waals surface area contributed by atoms with Crippen molar-refractivity contribution in [1.82, 2.24) is 4.98 Å². The van der Waals surface area contributed by atoms with Crippen LogP contribution in [-0.2, 0) is 17.6 Å². The summed E-state index contributed by atoms with van der Waals surface area (Å²) < 4.78 is 5.06. The third-order valence-corrected chi connectivity index (χ3v) is 4.63. The van der Waals surface area contributed by atoms with Gasteiger partial charge in [-0.05, 0) is 44.2 Å². The topological polar surface area (TPSA) is 39.2 Å². The number of esters is 1. The zero-order valence-corrected chi connectivity index (χ0v) is 12.5. The molecule has 20 heavy (non-hydrogen) atoms. The summed E-state index contributed by atoms with van der Waals surface area (Å²) in [5.74, 6) is -0.306. The maximum atomic E-state index is 11.9. The van der Waals surface area contributed by atoms with Gasteiger partial charge in [0.1, 0.15) is 0 Å². The highest BCUT2D eigenvalue weighted by Crippen LogP contribution is 2.37. The molecule has 0 saturated carbocycles. The third-order valence-electron chi connectivity index (χ3n) is 3.52. The molecule has 0 aliphatic heterocycles. The van der Waals surface area contributed by atoms with E-state index in [9.17, 15) is 4.79 Å². The van der Waals surface area contributed by atoms with Gasteiger partial charge in [0, 0.05) is 0 Å². The maximum Gasteiger partial charge on any atom is 0.367 e. The second-order valence-corrected chi connectivity index (χ2v) is 6.03. The first kappa shape index (κ1) is 13.3. The number of thiazole rings is 1. The molecule has 1 aromatic carbocycles. The minimum atomic E-state index is -0.306. The first-order valence-corrected chi connectivity index (χ1v) is 7.77. The van der Waals surface area contributed by atoms with Crippen LogP contribution in [0.15, 0.2) is 18.2 Å². The van der Waals surface area contributed by atoms with Gasteiger partial charge in [-0.3, -0.25) is 0 Å². The molecule has 3 nitrogen and oxygen atoms in total. The molecule has 4 heteroatoms. The molecule has 0 amide bonds. The van der Waals surface area contributed by atoms with Gasteiger partial charge in [-0.25, -0.2) is 9.78 Å². The Labute approximate surface area is 122 Å². The van der Waals surface area contributed by atoms with E-state index in [-0.39, 0.29) is 5.97 Å². The smallest absolute Gasteiger partial charge is 0.367 e. The Morgan fingerprint density at radius 3 is 3.05 bits per heavy atom. The van der Waals surface area contributed by atoms with Gasteiger partial charge in [0.05, 0.1) is 17.2 Å². The molecular formula is C16H17NO2S. The fourth-order valence-electron chi connectivity index (χ4n) is 2.58. The zero-order valence-electron chi connectivity index (χ0n) is 11.7. The standard InChI is InChI=1S/C16H17NO2S/c1-3-19-16(18)15-17-13-6-4-5-11-8-7-10(2)9-12(11)14(13)20-15/h7-9H,3-6H2,1-2H3. The van der Waals surface area contributed by atoms with Crippen molar-refractivity contribution in [3.8, 4) is 10.4 Å². The van der Waals surface area contributed by atoms with E-state index in [0.717, 1.165) is 29.8 Å². The third kappa shape index (κ3) is 2.36. The van der Waals surface area contributed by atoms with Gasteiger partial charge >= 0.3 is 5.97 Å². The average Bonchev–Trinajstić information content (AvgIpc) is 2.78. The van der Waals surface area contributed by atoms with Gasteiger partial charge in [-0.15, -0.1) is 11.3 Å². The van der Waals surface area contributed by atoms with Crippen molar-refractivity contribution < 1.29 is 9.53 Å². The minimum absolute atomic E-state index is 0.306. The molecule has 0 radical (unpaired) electrons. The Bertz CT molecular complexity index is 660. The number of carbonyl (C=O) groups excluding carboxylic acids is 1. The summed E-state index contributed by atoms with van der Waals surface area (Å²) in [6.45, 7) is 4.30. The normalized spacial score (nSPS) is 13.3. The molecule has 0 saturated heterocycles. The number of nitrogens with zero attached hydrogens (tertiary/aromatic N) is 1. The summed E-state index contributed by atoms with van der Waals surface area (Å²) in [7, 11) is 0. The summed E-state index contributed by atoms with van der Waals surface area (Å²) in [6, 6.07) is 6.55. The van der Waals surface area contributed by atoms with E-state index < -0.39 is 0 Å². The first-order valence-electron chi connectivity index (χ1n) is 6.95. The molecule has 1 heterocycles. The van der Waals surface area contributed by atoms with Crippen molar-refractivity contribution in [2.45, 2.75) is 33.1 Å². The molecule has 0 N–H and O–H groups in total. The van der Waals surface area contributed by atoms with Crippen LogP contribution in [0.4, 0.5) is 0 Å². The summed E-state index contributed by atoms with van der Waals surface area (Å²) in [6.07, 6.45) is 3.08. The Morgan fingerprint density at radius 2 is 2.25 bits per heavy atom. The SMILES string of the molecule is CCOC(=O)c1nc2c(s1)-c1cc(C)ccc1CCC2. The van der Waals surface area contributed by atoms with Gasteiger partial charge in [-0.1, -0.05) is 23.8 Å². The summed E-state index contributed by atoms with van der Waals surface area (Å²) in [5.41, 5.74) is 4.88. The van der Waals surface area contributed by atoms with Crippen LogP contribution in [0.5, 0.6) is 0 Å². The molecular weight excluding hydrogens is 270 g/mol. The molecule has 1 aromatic heterocycles. The van der Waals surface area contributed by atoms with Crippen molar-refractivity contribution in [2.24, 2.45) is 0 Å². The fourth-order valence-corrected chi connectivity index (χ4v) is 3.63. The second-order valence-electron chi connectivity index (χ2n) is 5.03. The van der Waals surface area contributed by atoms with E-state index in [0.29, 0.717) is 11.6 Å². The Morgan fingerprint density at radius 1 is 1.40 bits per heavy atom. The van der Waals surface area contributed by atoms with Gasteiger partial charge in [0.15, 0.2) is 0 Å². The average molecular weight is 287 g/mol. The molecule has 0 fully saturated rings. The van der Waals surface area contributed by atoms with Crippen LogP contribution in [0.2, 0.25) is 0 Å². The van der Waals surface area contributed by atoms with Crippen molar-refractivity contribution in [1.29, 1.82) is 0 Å². The quantitative estimate of drug-likeness (QED) is 0.789. The van der Waals surface area contributed by atoms with Crippen LogP contribution in [0.1, 0.15) is 40.0 Å². The van der Waals surface area contributed by atoms with Crippen molar-refractivity contribution in [2.75, 3.05) is 6.61 Å².